The number of halogens is 1. The molecule has 4 nitrogen and oxygen atoms in total. The third-order valence-corrected chi connectivity index (χ3v) is 4.02. The van der Waals surface area contributed by atoms with Crippen molar-refractivity contribution < 1.29 is 19.0 Å². The lowest BCUT2D eigenvalue weighted by molar-refractivity contribution is -0.119. The standard InChI is InChI=1S/C16H18FNO3/c17-12-5-6-15-10(8-12)7-11(9-21-15)16(20)18-13-3-1-2-4-14(13)19/h5-8,13-14,19H,1-4,9H2,(H,18,20). The molecule has 1 aliphatic carbocycles. The van der Waals surface area contributed by atoms with Gasteiger partial charge < -0.3 is 15.2 Å². The average Bonchev–Trinajstić information content (AvgIpc) is 2.48. The van der Waals surface area contributed by atoms with E-state index in [1.807, 2.05) is 0 Å². The number of carbonyl (C=O) groups is 1. The monoisotopic (exact) mass is 291 g/mol. The van der Waals surface area contributed by atoms with E-state index in [0.29, 0.717) is 23.3 Å². The Kier molecular flexibility index (Phi) is 3.92. The molecule has 1 aliphatic heterocycles. The Morgan fingerprint density at radius 3 is 2.95 bits per heavy atom. The van der Waals surface area contributed by atoms with Crippen LogP contribution in [0.5, 0.6) is 5.75 Å². The van der Waals surface area contributed by atoms with Crippen LogP contribution >= 0.6 is 0 Å². The van der Waals surface area contributed by atoms with Crippen molar-refractivity contribution in [3.05, 3.63) is 35.2 Å². The van der Waals surface area contributed by atoms with Crippen molar-refractivity contribution in [2.45, 2.75) is 37.8 Å². The minimum atomic E-state index is -0.488. The number of carbonyl (C=O) groups excluding carboxylic acids is 1. The molecule has 1 fully saturated rings. The minimum Gasteiger partial charge on any atom is -0.488 e. The van der Waals surface area contributed by atoms with Crippen LogP contribution in [0.15, 0.2) is 23.8 Å². The van der Waals surface area contributed by atoms with Gasteiger partial charge in [0.2, 0.25) is 0 Å². The molecule has 21 heavy (non-hydrogen) atoms. The summed E-state index contributed by atoms with van der Waals surface area (Å²) in [4.78, 5) is 12.2. The van der Waals surface area contributed by atoms with Gasteiger partial charge in [-0.3, -0.25) is 4.79 Å². The van der Waals surface area contributed by atoms with Crippen molar-refractivity contribution in [1.82, 2.24) is 5.32 Å². The smallest absolute Gasteiger partial charge is 0.250 e. The number of aliphatic hydroxyl groups excluding tert-OH is 1. The average molecular weight is 291 g/mol. The number of fused-ring (bicyclic) bond motifs is 1. The normalized spacial score (nSPS) is 24.6. The Morgan fingerprint density at radius 2 is 2.14 bits per heavy atom. The molecule has 1 amide bonds. The fourth-order valence-electron chi connectivity index (χ4n) is 2.82. The largest absolute Gasteiger partial charge is 0.488 e. The highest BCUT2D eigenvalue weighted by atomic mass is 19.1. The molecule has 2 aliphatic rings. The van der Waals surface area contributed by atoms with Crippen molar-refractivity contribution in [3.8, 4) is 5.75 Å². The lowest BCUT2D eigenvalue weighted by Gasteiger charge is -2.29. The van der Waals surface area contributed by atoms with Gasteiger partial charge in [-0.1, -0.05) is 12.8 Å². The van der Waals surface area contributed by atoms with Crippen LogP contribution in [0.1, 0.15) is 31.2 Å². The molecular formula is C16H18FNO3. The zero-order chi connectivity index (χ0) is 14.8. The summed E-state index contributed by atoms with van der Waals surface area (Å²) in [5.41, 5.74) is 1.02. The summed E-state index contributed by atoms with van der Waals surface area (Å²) in [6.07, 6.45) is 4.66. The quantitative estimate of drug-likeness (QED) is 0.876. The first-order valence-electron chi connectivity index (χ1n) is 7.25. The van der Waals surface area contributed by atoms with E-state index < -0.39 is 6.10 Å². The first-order chi connectivity index (χ1) is 10.1. The SMILES string of the molecule is O=C(NC1CCCCC1O)C1=Cc2cc(F)ccc2OC1. The number of ether oxygens (including phenoxy) is 1. The van der Waals surface area contributed by atoms with Gasteiger partial charge in [0.25, 0.3) is 5.91 Å². The van der Waals surface area contributed by atoms with Gasteiger partial charge in [-0.15, -0.1) is 0 Å². The van der Waals surface area contributed by atoms with E-state index in [1.165, 1.54) is 12.1 Å². The van der Waals surface area contributed by atoms with Crippen molar-refractivity contribution in [2.75, 3.05) is 6.61 Å². The van der Waals surface area contributed by atoms with E-state index in [0.717, 1.165) is 19.3 Å². The van der Waals surface area contributed by atoms with Crippen molar-refractivity contribution in [2.24, 2.45) is 0 Å². The highest BCUT2D eigenvalue weighted by Crippen LogP contribution is 2.27. The molecule has 1 aromatic rings. The molecule has 3 rings (SSSR count). The van der Waals surface area contributed by atoms with Crippen LogP contribution in [0.25, 0.3) is 6.08 Å². The first-order valence-corrected chi connectivity index (χ1v) is 7.25. The number of benzene rings is 1. The second-order valence-corrected chi connectivity index (χ2v) is 5.57. The predicted octanol–water partition coefficient (Wildman–Crippen LogP) is 2.02. The van der Waals surface area contributed by atoms with E-state index in [9.17, 15) is 14.3 Å². The van der Waals surface area contributed by atoms with Crippen LogP contribution in [0, 0.1) is 5.82 Å². The van der Waals surface area contributed by atoms with Crippen LogP contribution in [0.4, 0.5) is 4.39 Å². The molecule has 0 spiro atoms. The maximum absolute atomic E-state index is 13.2. The van der Waals surface area contributed by atoms with E-state index >= 15 is 0 Å². The number of rotatable bonds is 2. The Bertz CT molecular complexity index is 585. The van der Waals surface area contributed by atoms with Gasteiger partial charge in [-0.25, -0.2) is 4.39 Å². The lowest BCUT2D eigenvalue weighted by Crippen LogP contribution is -2.46. The van der Waals surface area contributed by atoms with Gasteiger partial charge in [-0.05, 0) is 37.1 Å². The van der Waals surface area contributed by atoms with Crippen molar-refractivity contribution in [1.29, 1.82) is 0 Å². The number of nitrogens with one attached hydrogen (secondary N) is 1. The number of amides is 1. The fourth-order valence-corrected chi connectivity index (χ4v) is 2.82. The van der Waals surface area contributed by atoms with E-state index in [4.69, 9.17) is 4.74 Å². The van der Waals surface area contributed by atoms with E-state index in [-0.39, 0.29) is 24.4 Å². The molecule has 2 unspecified atom stereocenters. The first kappa shape index (κ1) is 14.1. The molecule has 0 radical (unpaired) electrons. The van der Waals surface area contributed by atoms with E-state index in [2.05, 4.69) is 5.32 Å². The molecule has 0 bridgehead atoms. The van der Waals surface area contributed by atoms with Crippen molar-refractivity contribution >= 4 is 12.0 Å². The topological polar surface area (TPSA) is 58.6 Å². The van der Waals surface area contributed by atoms with Crippen LogP contribution < -0.4 is 10.1 Å². The molecule has 2 N–H and O–H groups in total. The predicted molar refractivity (Wildman–Crippen MR) is 76.3 cm³/mol. The maximum atomic E-state index is 13.2. The molecule has 112 valence electrons. The molecule has 0 saturated heterocycles. The molecule has 1 heterocycles. The Morgan fingerprint density at radius 1 is 1.33 bits per heavy atom. The summed E-state index contributed by atoms with van der Waals surface area (Å²) < 4.78 is 18.7. The van der Waals surface area contributed by atoms with E-state index in [1.54, 1.807) is 12.1 Å². The van der Waals surface area contributed by atoms with Gasteiger partial charge >= 0.3 is 0 Å². The Labute approximate surface area is 122 Å². The lowest BCUT2D eigenvalue weighted by atomic mass is 9.92. The number of aliphatic hydroxyl groups is 1. The second kappa shape index (κ2) is 5.85. The van der Waals surface area contributed by atoms with Crippen LogP contribution in [0.2, 0.25) is 0 Å². The molecule has 0 aromatic heterocycles. The summed E-state index contributed by atoms with van der Waals surface area (Å²) in [5, 5.41) is 12.7. The summed E-state index contributed by atoms with van der Waals surface area (Å²) in [6, 6.07) is 4.02. The molecular weight excluding hydrogens is 273 g/mol. The number of hydrogen-bond acceptors (Lipinski definition) is 3. The number of hydrogen-bond donors (Lipinski definition) is 2. The van der Waals surface area contributed by atoms with Crippen molar-refractivity contribution in [3.63, 3.8) is 0 Å². The summed E-state index contributed by atoms with van der Waals surface area (Å²) in [7, 11) is 0. The minimum absolute atomic E-state index is 0.160. The fraction of sp³-hybridized carbons (Fsp3) is 0.438. The van der Waals surface area contributed by atoms with Gasteiger partial charge in [-0.2, -0.15) is 0 Å². The molecule has 5 heteroatoms. The molecule has 1 aromatic carbocycles. The van der Waals surface area contributed by atoms with Gasteiger partial charge in [0.05, 0.1) is 17.7 Å². The summed E-state index contributed by atoms with van der Waals surface area (Å²) >= 11 is 0. The highest BCUT2D eigenvalue weighted by Gasteiger charge is 2.26. The van der Waals surface area contributed by atoms with Gasteiger partial charge in [0.1, 0.15) is 18.2 Å². The van der Waals surface area contributed by atoms with Gasteiger partial charge in [0.15, 0.2) is 0 Å². The Hall–Kier alpha value is -1.88. The molecule has 1 saturated carbocycles. The third kappa shape index (κ3) is 3.08. The summed E-state index contributed by atoms with van der Waals surface area (Å²) in [6.45, 7) is 0.160. The van der Waals surface area contributed by atoms with Gasteiger partial charge in [0, 0.05) is 5.56 Å². The molecule has 2 atom stereocenters. The van der Waals surface area contributed by atoms with Crippen LogP contribution in [-0.2, 0) is 4.79 Å². The zero-order valence-electron chi connectivity index (χ0n) is 11.6. The van der Waals surface area contributed by atoms with Crippen LogP contribution in [0.3, 0.4) is 0 Å². The summed E-state index contributed by atoms with van der Waals surface area (Å²) in [5.74, 6) is -0.0422. The second-order valence-electron chi connectivity index (χ2n) is 5.57. The zero-order valence-corrected chi connectivity index (χ0v) is 11.6. The maximum Gasteiger partial charge on any atom is 0.250 e. The highest BCUT2D eigenvalue weighted by molar-refractivity contribution is 5.99. The van der Waals surface area contributed by atoms with Crippen LogP contribution in [-0.4, -0.2) is 29.8 Å². The Balaban J connectivity index is 1.73. The third-order valence-electron chi connectivity index (χ3n) is 4.02.